The second-order valence-corrected chi connectivity index (χ2v) is 13.7. The second-order valence-electron chi connectivity index (χ2n) is 12.1. The zero-order valence-corrected chi connectivity index (χ0v) is 26.1. The molecule has 4 fully saturated rings. The minimum absolute atomic E-state index is 0.0302. The highest BCUT2D eigenvalue weighted by Gasteiger charge is 2.74. The van der Waals surface area contributed by atoms with Gasteiger partial charge in [0.25, 0.3) is 0 Å². The zero-order valence-electron chi connectivity index (χ0n) is 25.3. The molecule has 1 spiro atoms. The fourth-order valence-corrected chi connectivity index (χ4v) is 9.76. The third kappa shape index (κ3) is 6.03. The largest absolute Gasteiger partial charge is 0.394 e. The van der Waals surface area contributed by atoms with Crippen LogP contribution in [0.25, 0.3) is 0 Å². The number of hydrogen-bond donors (Lipinski definition) is 1. The summed E-state index contributed by atoms with van der Waals surface area (Å²) in [5.74, 6) is -1.46. The first kappa shape index (κ1) is 31.8. The van der Waals surface area contributed by atoms with E-state index in [4.69, 9.17) is 4.74 Å². The van der Waals surface area contributed by atoms with Gasteiger partial charge in [0.15, 0.2) is 0 Å². The van der Waals surface area contributed by atoms with E-state index in [0.717, 1.165) is 25.1 Å². The van der Waals surface area contributed by atoms with E-state index in [1.54, 1.807) is 33.7 Å². The van der Waals surface area contributed by atoms with Gasteiger partial charge < -0.3 is 24.5 Å². The molecule has 3 amide bonds. The predicted molar refractivity (Wildman–Crippen MR) is 168 cm³/mol. The predicted octanol–water partition coefficient (Wildman–Crippen LogP) is 2.41. The first-order valence-corrected chi connectivity index (χ1v) is 16.5. The minimum atomic E-state index is -0.735. The Hall–Kier alpha value is -2.66. The molecular weight excluding hydrogens is 564 g/mol. The molecule has 234 valence electrons. The number of morpholine rings is 1. The number of aliphatic hydroxyl groups excluding tert-OH is 1. The molecule has 43 heavy (non-hydrogen) atoms. The fourth-order valence-electron chi connectivity index (χ4n) is 7.57. The van der Waals surface area contributed by atoms with Gasteiger partial charge in [0.1, 0.15) is 6.04 Å². The maximum Gasteiger partial charge on any atom is 0.247 e. The molecule has 4 aliphatic heterocycles. The molecule has 1 aromatic carbocycles. The van der Waals surface area contributed by atoms with Crippen molar-refractivity contribution >= 4 is 29.5 Å². The Balaban J connectivity index is 1.46. The molecule has 9 nitrogen and oxygen atoms in total. The van der Waals surface area contributed by atoms with Crippen LogP contribution in [0.5, 0.6) is 0 Å². The van der Waals surface area contributed by atoms with E-state index < -0.39 is 28.7 Å². The van der Waals surface area contributed by atoms with Gasteiger partial charge in [-0.25, -0.2) is 0 Å². The lowest BCUT2D eigenvalue weighted by Crippen LogP contribution is -2.58. The smallest absolute Gasteiger partial charge is 0.247 e. The number of carbonyl (C=O) groups excluding carboxylic acids is 3. The molecule has 2 bridgehead atoms. The summed E-state index contributed by atoms with van der Waals surface area (Å²) in [6.07, 6.45) is 5.46. The standard InChI is InChI=1S/C33H46N4O5S/c1-4-14-35(17-16-34-18-20-42-21-19-34)32(41)29-33-13-12-26(43-33)27(28(33)31(40)37(29)25(6-3)23-38)30(39)36(15-5-2)22-24-10-8-7-9-11-24/h4-5,7-11,25-29,38H,1-2,6,12-23H2,3H3/t25-,26+,27-,28-,29?,33?/m0/s1. The summed E-state index contributed by atoms with van der Waals surface area (Å²) < 4.78 is 4.79. The summed E-state index contributed by atoms with van der Waals surface area (Å²) in [6.45, 7) is 14.9. The topological polar surface area (TPSA) is 93.6 Å². The molecule has 2 unspecified atom stereocenters. The molecule has 4 aliphatic rings. The number of rotatable bonds is 14. The maximum atomic E-state index is 14.6. The Kier molecular flexibility index (Phi) is 10.3. The van der Waals surface area contributed by atoms with Gasteiger partial charge in [-0.2, -0.15) is 0 Å². The summed E-state index contributed by atoms with van der Waals surface area (Å²) in [5.41, 5.74) is 1.02. The van der Waals surface area contributed by atoms with Gasteiger partial charge in [0, 0.05) is 51.1 Å². The Morgan fingerprint density at radius 1 is 1.14 bits per heavy atom. The number of hydrogen-bond acceptors (Lipinski definition) is 7. The van der Waals surface area contributed by atoms with E-state index in [9.17, 15) is 19.5 Å². The van der Waals surface area contributed by atoms with E-state index in [0.29, 0.717) is 58.8 Å². The molecule has 6 atom stereocenters. The first-order chi connectivity index (χ1) is 20.9. The van der Waals surface area contributed by atoms with Crippen molar-refractivity contribution < 1.29 is 24.2 Å². The van der Waals surface area contributed by atoms with E-state index in [1.165, 1.54) is 0 Å². The highest BCUT2D eigenvalue weighted by Crippen LogP contribution is 2.67. The number of ether oxygens (including phenoxy) is 1. The summed E-state index contributed by atoms with van der Waals surface area (Å²) in [4.78, 5) is 51.0. The Morgan fingerprint density at radius 3 is 2.49 bits per heavy atom. The van der Waals surface area contributed by atoms with Gasteiger partial charge in [-0.1, -0.05) is 49.4 Å². The summed E-state index contributed by atoms with van der Waals surface area (Å²) in [6, 6.07) is 8.63. The third-order valence-corrected chi connectivity index (χ3v) is 11.6. The Morgan fingerprint density at radius 2 is 1.84 bits per heavy atom. The number of likely N-dealkylation sites (tertiary alicyclic amines) is 1. The Labute approximate surface area is 259 Å². The Bertz CT molecular complexity index is 1170. The highest BCUT2D eigenvalue weighted by molar-refractivity contribution is 8.02. The van der Waals surface area contributed by atoms with Crippen LogP contribution >= 0.6 is 11.8 Å². The van der Waals surface area contributed by atoms with E-state index in [2.05, 4.69) is 18.1 Å². The molecule has 1 N–H and O–H groups in total. The van der Waals surface area contributed by atoms with E-state index >= 15 is 0 Å². The van der Waals surface area contributed by atoms with Crippen molar-refractivity contribution in [2.75, 3.05) is 59.1 Å². The van der Waals surface area contributed by atoms with Crippen LogP contribution in [0.1, 0.15) is 31.7 Å². The van der Waals surface area contributed by atoms with Crippen LogP contribution in [0.3, 0.4) is 0 Å². The minimum Gasteiger partial charge on any atom is -0.394 e. The molecule has 5 rings (SSSR count). The van der Waals surface area contributed by atoms with Gasteiger partial charge in [0.2, 0.25) is 17.7 Å². The van der Waals surface area contributed by atoms with Gasteiger partial charge in [0.05, 0.1) is 42.4 Å². The quantitative estimate of drug-likeness (QED) is 0.324. The molecule has 10 heteroatoms. The highest BCUT2D eigenvalue weighted by atomic mass is 32.2. The van der Waals surface area contributed by atoms with Gasteiger partial charge in [-0.05, 0) is 24.8 Å². The second kappa shape index (κ2) is 14.0. The van der Waals surface area contributed by atoms with Crippen molar-refractivity contribution in [3.8, 4) is 0 Å². The molecule has 0 aliphatic carbocycles. The lowest BCUT2D eigenvalue weighted by molar-refractivity contribution is -0.147. The average Bonchev–Trinajstić information content (AvgIpc) is 3.68. The number of fused-ring (bicyclic) bond motifs is 1. The molecular formula is C33H46N4O5S. The van der Waals surface area contributed by atoms with Crippen LogP contribution in [0.4, 0.5) is 0 Å². The van der Waals surface area contributed by atoms with Crippen molar-refractivity contribution in [3.63, 3.8) is 0 Å². The van der Waals surface area contributed by atoms with Crippen molar-refractivity contribution in [2.45, 2.75) is 54.8 Å². The SMILES string of the molecule is C=CCN(CCN1CCOCC1)C(=O)C1N([C@@H](CC)CO)C(=O)[C@@H]2[C@@H](C(=O)N(CC=C)Cc3ccccc3)[C@H]3CCC12S3. The molecule has 1 aromatic rings. The van der Waals surface area contributed by atoms with Crippen LogP contribution in [-0.4, -0.2) is 124 Å². The third-order valence-electron chi connectivity index (χ3n) is 9.66. The van der Waals surface area contributed by atoms with E-state index in [-0.39, 0.29) is 29.6 Å². The number of aliphatic hydroxyl groups is 1. The molecule has 0 aromatic heterocycles. The van der Waals surface area contributed by atoms with Crippen LogP contribution in [0, 0.1) is 11.8 Å². The van der Waals surface area contributed by atoms with Crippen LogP contribution in [0.15, 0.2) is 55.6 Å². The summed E-state index contributed by atoms with van der Waals surface area (Å²) in [5, 5.41) is 10.4. The van der Waals surface area contributed by atoms with Crippen molar-refractivity contribution in [1.82, 2.24) is 19.6 Å². The lowest BCUT2D eigenvalue weighted by Gasteiger charge is -2.40. The van der Waals surface area contributed by atoms with Crippen molar-refractivity contribution in [2.24, 2.45) is 11.8 Å². The number of thioether (sulfide) groups is 1. The monoisotopic (exact) mass is 610 g/mol. The van der Waals surface area contributed by atoms with Crippen LogP contribution in [-0.2, 0) is 25.7 Å². The van der Waals surface area contributed by atoms with Crippen LogP contribution < -0.4 is 0 Å². The van der Waals surface area contributed by atoms with Crippen LogP contribution in [0.2, 0.25) is 0 Å². The molecule has 0 saturated carbocycles. The maximum absolute atomic E-state index is 14.6. The molecule has 4 heterocycles. The van der Waals surface area contributed by atoms with Crippen molar-refractivity contribution in [3.05, 3.63) is 61.2 Å². The summed E-state index contributed by atoms with van der Waals surface area (Å²) >= 11 is 1.67. The van der Waals surface area contributed by atoms with E-state index in [1.807, 2.05) is 42.2 Å². The fraction of sp³-hybridized carbons (Fsp3) is 0.606. The van der Waals surface area contributed by atoms with Gasteiger partial charge >= 0.3 is 0 Å². The van der Waals surface area contributed by atoms with Gasteiger partial charge in [-0.15, -0.1) is 24.9 Å². The number of nitrogens with zero attached hydrogens (tertiary/aromatic N) is 4. The normalized spacial score (nSPS) is 28.9. The number of amides is 3. The van der Waals surface area contributed by atoms with Gasteiger partial charge in [-0.3, -0.25) is 19.3 Å². The zero-order chi connectivity index (χ0) is 30.6. The number of benzene rings is 1. The first-order valence-electron chi connectivity index (χ1n) is 15.6. The molecule has 0 radical (unpaired) electrons. The number of carbonyl (C=O) groups is 3. The summed E-state index contributed by atoms with van der Waals surface area (Å²) in [7, 11) is 0. The van der Waals surface area contributed by atoms with Crippen molar-refractivity contribution in [1.29, 1.82) is 0 Å². The molecule has 4 saturated heterocycles. The lowest BCUT2D eigenvalue weighted by atomic mass is 9.70. The average molecular weight is 611 g/mol.